The van der Waals surface area contributed by atoms with Gasteiger partial charge in [-0.3, -0.25) is 4.79 Å². The molecule has 0 saturated heterocycles. The summed E-state index contributed by atoms with van der Waals surface area (Å²) < 4.78 is 16.0. The van der Waals surface area contributed by atoms with Crippen LogP contribution >= 0.6 is 0 Å². The Hall–Kier alpha value is -2.95. The predicted molar refractivity (Wildman–Crippen MR) is 112 cm³/mol. The van der Waals surface area contributed by atoms with Crippen molar-refractivity contribution in [2.24, 2.45) is 5.92 Å². The van der Waals surface area contributed by atoms with Crippen LogP contribution in [0.25, 0.3) is 6.08 Å². The molecule has 0 fully saturated rings. The van der Waals surface area contributed by atoms with Gasteiger partial charge in [0.2, 0.25) is 11.7 Å². The van der Waals surface area contributed by atoms with Crippen LogP contribution in [-0.4, -0.2) is 27.2 Å². The van der Waals surface area contributed by atoms with Gasteiger partial charge >= 0.3 is 0 Å². The number of ether oxygens (including phenoxy) is 3. The third kappa shape index (κ3) is 5.78. The van der Waals surface area contributed by atoms with Gasteiger partial charge < -0.3 is 19.5 Å². The standard InChI is InChI=1S/C23H29NO4/c1-16(2)13-19(18-9-7-6-8-10-18)24-22(25)12-11-17-14-20(26-3)23(28-5)21(15-17)27-4/h6-12,14-16,19H,13H2,1-5H3,(H,24,25)/b12-11+/t19-/m1/s1. The second-order valence-electron chi connectivity index (χ2n) is 6.89. The number of benzene rings is 2. The van der Waals surface area contributed by atoms with Gasteiger partial charge in [-0.2, -0.15) is 0 Å². The second-order valence-corrected chi connectivity index (χ2v) is 6.89. The van der Waals surface area contributed by atoms with Crippen LogP contribution in [0.3, 0.4) is 0 Å². The number of carbonyl (C=O) groups excluding carboxylic acids is 1. The molecule has 0 aliphatic heterocycles. The quantitative estimate of drug-likeness (QED) is 0.642. The maximum Gasteiger partial charge on any atom is 0.244 e. The van der Waals surface area contributed by atoms with Gasteiger partial charge in [0.05, 0.1) is 27.4 Å². The molecule has 150 valence electrons. The summed E-state index contributed by atoms with van der Waals surface area (Å²) in [6, 6.07) is 13.6. The molecule has 1 atom stereocenters. The SMILES string of the molecule is COc1cc(/C=C/C(=O)N[C@H](CC(C)C)c2ccccc2)cc(OC)c1OC. The molecule has 0 aliphatic carbocycles. The minimum atomic E-state index is -0.150. The maximum absolute atomic E-state index is 12.5. The van der Waals surface area contributed by atoms with E-state index in [4.69, 9.17) is 14.2 Å². The molecule has 1 N–H and O–H groups in total. The average molecular weight is 383 g/mol. The van der Waals surface area contributed by atoms with Gasteiger partial charge in [0.1, 0.15) is 0 Å². The Bertz CT molecular complexity index is 774. The minimum absolute atomic E-state index is 0.0294. The smallest absolute Gasteiger partial charge is 0.244 e. The van der Waals surface area contributed by atoms with Crippen LogP contribution in [0.5, 0.6) is 17.2 Å². The van der Waals surface area contributed by atoms with Gasteiger partial charge in [0, 0.05) is 6.08 Å². The fourth-order valence-electron chi connectivity index (χ4n) is 3.02. The molecule has 0 saturated carbocycles. The fraction of sp³-hybridized carbons (Fsp3) is 0.348. The third-order valence-electron chi connectivity index (χ3n) is 4.34. The summed E-state index contributed by atoms with van der Waals surface area (Å²) in [6.07, 6.45) is 4.13. The van der Waals surface area contributed by atoms with E-state index in [2.05, 4.69) is 19.2 Å². The first-order valence-corrected chi connectivity index (χ1v) is 9.32. The first kappa shape index (κ1) is 21.4. The Labute approximate surface area is 167 Å². The minimum Gasteiger partial charge on any atom is -0.493 e. The number of hydrogen-bond donors (Lipinski definition) is 1. The van der Waals surface area contributed by atoms with Gasteiger partial charge in [-0.1, -0.05) is 44.2 Å². The molecule has 0 spiro atoms. The lowest BCUT2D eigenvalue weighted by atomic mass is 9.97. The van der Waals surface area contributed by atoms with Gasteiger partial charge in [0.15, 0.2) is 11.5 Å². The molecular weight excluding hydrogens is 354 g/mol. The van der Waals surface area contributed by atoms with Crippen molar-refractivity contribution in [1.82, 2.24) is 5.32 Å². The van der Waals surface area contributed by atoms with Crippen LogP contribution in [-0.2, 0) is 4.79 Å². The molecule has 2 aromatic rings. The third-order valence-corrected chi connectivity index (χ3v) is 4.34. The highest BCUT2D eigenvalue weighted by molar-refractivity contribution is 5.92. The highest BCUT2D eigenvalue weighted by Crippen LogP contribution is 2.38. The Balaban J connectivity index is 2.17. The number of methoxy groups -OCH3 is 3. The van der Waals surface area contributed by atoms with Crippen LogP contribution in [0.4, 0.5) is 0 Å². The Morgan fingerprint density at radius 1 is 1.00 bits per heavy atom. The highest BCUT2D eigenvalue weighted by atomic mass is 16.5. The molecule has 0 aromatic heterocycles. The van der Waals surface area contributed by atoms with E-state index in [1.54, 1.807) is 39.5 Å². The van der Waals surface area contributed by atoms with Crippen LogP contribution in [0.1, 0.15) is 37.4 Å². The average Bonchev–Trinajstić information content (AvgIpc) is 2.71. The second kappa shape index (κ2) is 10.4. The zero-order valence-corrected chi connectivity index (χ0v) is 17.2. The monoisotopic (exact) mass is 383 g/mol. The van der Waals surface area contributed by atoms with Crippen LogP contribution < -0.4 is 19.5 Å². The fourth-order valence-corrected chi connectivity index (χ4v) is 3.02. The molecule has 5 heteroatoms. The number of carbonyl (C=O) groups is 1. The Morgan fingerprint density at radius 3 is 2.11 bits per heavy atom. The zero-order chi connectivity index (χ0) is 20.5. The van der Waals surface area contributed by atoms with Gasteiger partial charge in [-0.25, -0.2) is 0 Å². The normalized spacial score (nSPS) is 12.1. The molecule has 5 nitrogen and oxygen atoms in total. The number of hydrogen-bond acceptors (Lipinski definition) is 4. The van der Waals surface area contributed by atoms with E-state index in [9.17, 15) is 4.79 Å². The molecule has 2 rings (SSSR count). The van der Waals surface area contributed by atoms with Crippen molar-refractivity contribution in [3.05, 3.63) is 59.7 Å². The lowest BCUT2D eigenvalue weighted by Gasteiger charge is -2.20. The molecule has 0 radical (unpaired) electrons. The summed E-state index contributed by atoms with van der Waals surface area (Å²) >= 11 is 0. The largest absolute Gasteiger partial charge is 0.493 e. The summed E-state index contributed by atoms with van der Waals surface area (Å²) in [5, 5.41) is 3.10. The molecule has 0 unspecified atom stereocenters. The summed E-state index contributed by atoms with van der Waals surface area (Å²) in [4.78, 5) is 12.5. The van der Waals surface area contributed by atoms with E-state index in [-0.39, 0.29) is 11.9 Å². The lowest BCUT2D eigenvalue weighted by Crippen LogP contribution is -2.27. The molecule has 0 bridgehead atoms. The van der Waals surface area contributed by atoms with Gasteiger partial charge in [0.25, 0.3) is 0 Å². The van der Waals surface area contributed by atoms with E-state index in [0.29, 0.717) is 23.2 Å². The Morgan fingerprint density at radius 2 is 1.61 bits per heavy atom. The molecule has 28 heavy (non-hydrogen) atoms. The van der Waals surface area contributed by atoms with Gasteiger partial charge in [-0.15, -0.1) is 0 Å². The molecule has 0 heterocycles. The van der Waals surface area contributed by atoms with E-state index in [0.717, 1.165) is 17.5 Å². The van der Waals surface area contributed by atoms with Crippen molar-refractivity contribution in [2.75, 3.05) is 21.3 Å². The summed E-state index contributed by atoms with van der Waals surface area (Å²) in [6.45, 7) is 4.29. The van der Waals surface area contributed by atoms with E-state index in [1.165, 1.54) is 6.08 Å². The first-order chi connectivity index (χ1) is 13.5. The predicted octanol–water partition coefficient (Wildman–Crippen LogP) is 4.63. The molecular formula is C23H29NO4. The Kier molecular flexibility index (Phi) is 7.93. The molecule has 2 aromatic carbocycles. The van der Waals surface area contributed by atoms with E-state index < -0.39 is 0 Å². The first-order valence-electron chi connectivity index (χ1n) is 9.32. The van der Waals surface area contributed by atoms with Crippen molar-refractivity contribution in [3.63, 3.8) is 0 Å². The van der Waals surface area contributed by atoms with Crippen molar-refractivity contribution >= 4 is 12.0 Å². The lowest BCUT2D eigenvalue weighted by molar-refractivity contribution is -0.117. The number of rotatable bonds is 9. The van der Waals surface area contributed by atoms with Crippen molar-refractivity contribution < 1.29 is 19.0 Å². The van der Waals surface area contributed by atoms with Crippen LogP contribution in [0, 0.1) is 5.92 Å². The van der Waals surface area contributed by atoms with E-state index >= 15 is 0 Å². The molecule has 0 aliphatic rings. The summed E-state index contributed by atoms with van der Waals surface area (Å²) in [5.74, 6) is 1.92. The van der Waals surface area contributed by atoms with Crippen molar-refractivity contribution in [1.29, 1.82) is 0 Å². The number of nitrogens with one attached hydrogen (secondary N) is 1. The summed E-state index contributed by atoms with van der Waals surface area (Å²) in [7, 11) is 4.68. The van der Waals surface area contributed by atoms with Crippen LogP contribution in [0.15, 0.2) is 48.5 Å². The van der Waals surface area contributed by atoms with Gasteiger partial charge in [-0.05, 0) is 41.7 Å². The van der Waals surface area contributed by atoms with Crippen molar-refractivity contribution in [3.8, 4) is 17.2 Å². The number of amides is 1. The highest BCUT2D eigenvalue weighted by Gasteiger charge is 2.15. The molecule has 1 amide bonds. The van der Waals surface area contributed by atoms with Crippen LogP contribution in [0.2, 0.25) is 0 Å². The maximum atomic E-state index is 12.5. The van der Waals surface area contributed by atoms with E-state index in [1.807, 2.05) is 30.3 Å². The summed E-state index contributed by atoms with van der Waals surface area (Å²) in [5.41, 5.74) is 1.88. The topological polar surface area (TPSA) is 56.8 Å². The van der Waals surface area contributed by atoms with Crippen molar-refractivity contribution in [2.45, 2.75) is 26.3 Å². The zero-order valence-electron chi connectivity index (χ0n) is 17.2.